The van der Waals surface area contributed by atoms with E-state index in [1.54, 1.807) is 24.3 Å². The second kappa shape index (κ2) is 8.48. The number of aryl methyl sites for hydroxylation is 1. The van der Waals surface area contributed by atoms with Crippen molar-refractivity contribution in [3.05, 3.63) is 51.4 Å². The van der Waals surface area contributed by atoms with Crippen LogP contribution >= 0.6 is 11.3 Å². The van der Waals surface area contributed by atoms with Crippen molar-refractivity contribution in [2.75, 3.05) is 25.0 Å². The van der Waals surface area contributed by atoms with E-state index in [-0.39, 0.29) is 12.0 Å². The highest BCUT2D eigenvalue weighted by molar-refractivity contribution is 7.17. The summed E-state index contributed by atoms with van der Waals surface area (Å²) in [5.74, 6) is -1.70. The van der Waals surface area contributed by atoms with Gasteiger partial charge in [0.25, 0.3) is 17.7 Å². The molecule has 4 amide bonds. The minimum absolute atomic E-state index is 0.0255. The van der Waals surface area contributed by atoms with Gasteiger partial charge in [-0.1, -0.05) is 12.1 Å². The van der Waals surface area contributed by atoms with Crippen molar-refractivity contribution in [3.63, 3.8) is 0 Å². The predicted octanol–water partition coefficient (Wildman–Crippen LogP) is 2.38. The van der Waals surface area contributed by atoms with E-state index in [1.165, 1.54) is 11.3 Å². The molecule has 0 unspecified atom stereocenters. The van der Waals surface area contributed by atoms with Crippen LogP contribution in [0.15, 0.2) is 24.3 Å². The van der Waals surface area contributed by atoms with E-state index in [1.807, 2.05) is 0 Å². The summed E-state index contributed by atoms with van der Waals surface area (Å²) in [6.45, 7) is 0.755. The molecule has 1 aromatic heterocycles. The zero-order valence-electron chi connectivity index (χ0n) is 17.4. The number of amides is 4. The molecule has 0 bridgehead atoms. The highest BCUT2D eigenvalue weighted by Crippen LogP contribution is 2.39. The molecule has 1 aliphatic carbocycles. The number of carbonyl (C=O) groups excluding carboxylic acids is 4. The number of carbonyl (C=O) groups is 4. The van der Waals surface area contributed by atoms with Gasteiger partial charge in [0.15, 0.2) is 0 Å². The minimum atomic E-state index is -0.507. The zero-order valence-corrected chi connectivity index (χ0v) is 18.3. The predicted molar refractivity (Wildman–Crippen MR) is 118 cm³/mol. The van der Waals surface area contributed by atoms with Crippen molar-refractivity contribution < 1.29 is 23.9 Å². The van der Waals surface area contributed by atoms with Crippen molar-refractivity contribution in [3.8, 4) is 0 Å². The molecule has 8 nitrogen and oxygen atoms in total. The molecule has 166 valence electrons. The molecule has 1 atom stereocenters. The normalized spacial score (nSPS) is 19.2. The van der Waals surface area contributed by atoms with Crippen LogP contribution in [0.25, 0.3) is 0 Å². The molecule has 1 fully saturated rings. The summed E-state index contributed by atoms with van der Waals surface area (Å²) in [7, 11) is 0. The Labute approximate surface area is 188 Å². The summed E-state index contributed by atoms with van der Waals surface area (Å²) in [6.07, 6.45) is 4.59. The van der Waals surface area contributed by atoms with Crippen LogP contribution in [0.1, 0.15) is 60.8 Å². The number of nitrogens with one attached hydrogen (secondary N) is 2. The largest absolute Gasteiger partial charge is 0.376 e. The lowest BCUT2D eigenvalue weighted by Gasteiger charge is -2.15. The summed E-state index contributed by atoms with van der Waals surface area (Å²) >= 11 is 1.40. The van der Waals surface area contributed by atoms with Crippen molar-refractivity contribution in [1.82, 2.24) is 10.2 Å². The van der Waals surface area contributed by atoms with Gasteiger partial charge in [-0.05, 0) is 49.8 Å². The summed E-state index contributed by atoms with van der Waals surface area (Å²) in [5, 5.41) is 6.20. The molecule has 3 heterocycles. The third kappa shape index (κ3) is 3.71. The van der Waals surface area contributed by atoms with E-state index in [9.17, 15) is 19.2 Å². The van der Waals surface area contributed by atoms with Gasteiger partial charge in [0.05, 0.1) is 22.8 Å². The Morgan fingerprint density at radius 2 is 1.84 bits per heavy atom. The second-order valence-electron chi connectivity index (χ2n) is 8.20. The Kier molecular flexibility index (Phi) is 5.52. The van der Waals surface area contributed by atoms with E-state index in [0.717, 1.165) is 47.4 Å². The van der Waals surface area contributed by atoms with Crippen LogP contribution in [-0.2, 0) is 22.4 Å². The second-order valence-corrected chi connectivity index (χ2v) is 9.30. The molecule has 2 N–H and O–H groups in total. The van der Waals surface area contributed by atoms with Gasteiger partial charge in [0.1, 0.15) is 11.5 Å². The Bertz CT molecular complexity index is 1080. The average molecular weight is 454 g/mol. The minimum Gasteiger partial charge on any atom is -0.376 e. The van der Waals surface area contributed by atoms with E-state index in [2.05, 4.69) is 10.6 Å². The number of ether oxygens (including phenoxy) is 1. The lowest BCUT2D eigenvalue weighted by atomic mass is 10.1. The van der Waals surface area contributed by atoms with Gasteiger partial charge in [0.2, 0.25) is 5.91 Å². The van der Waals surface area contributed by atoms with E-state index >= 15 is 0 Å². The first-order valence-corrected chi connectivity index (χ1v) is 11.6. The van der Waals surface area contributed by atoms with Gasteiger partial charge < -0.3 is 15.4 Å². The quantitative estimate of drug-likeness (QED) is 0.654. The number of fused-ring (bicyclic) bond motifs is 2. The maximum absolute atomic E-state index is 13.0. The molecule has 1 aromatic carbocycles. The van der Waals surface area contributed by atoms with Crippen LogP contribution in [-0.4, -0.2) is 54.3 Å². The number of nitrogens with zero attached hydrogens (tertiary/aromatic N) is 1. The van der Waals surface area contributed by atoms with Gasteiger partial charge in [-0.2, -0.15) is 0 Å². The topological polar surface area (TPSA) is 105 Å². The molecule has 0 radical (unpaired) electrons. The summed E-state index contributed by atoms with van der Waals surface area (Å²) < 4.78 is 5.58. The fourth-order valence-corrected chi connectivity index (χ4v) is 5.83. The Morgan fingerprint density at radius 1 is 1.09 bits per heavy atom. The number of thiophene rings is 1. The Hall–Kier alpha value is -3.04. The van der Waals surface area contributed by atoms with Crippen molar-refractivity contribution in [2.24, 2.45) is 0 Å². The molecule has 32 heavy (non-hydrogen) atoms. The van der Waals surface area contributed by atoms with Gasteiger partial charge in [-0.25, -0.2) is 0 Å². The van der Waals surface area contributed by atoms with Crippen LogP contribution in [0, 0.1) is 0 Å². The molecule has 9 heteroatoms. The fourth-order valence-electron chi connectivity index (χ4n) is 4.53. The first-order valence-electron chi connectivity index (χ1n) is 10.8. The van der Waals surface area contributed by atoms with Gasteiger partial charge in [-0.15, -0.1) is 11.3 Å². The average Bonchev–Trinajstić information content (AvgIpc) is 3.55. The van der Waals surface area contributed by atoms with Gasteiger partial charge in [-0.3, -0.25) is 24.1 Å². The summed E-state index contributed by atoms with van der Waals surface area (Å²) in [5.41, 5.74) is 2.08. The SMILES string of the molecule is O=C(CN1C(=O)c2ccccc2C1=O)Nc1sc2c(c1C(=O)NC[C@H]1CCCO1)CCC2. The molecule has 1 saturated heterocycles. The Balaban J connectivity index is 1.30. The molecular weight excluding hydrogens is 430 g/mol. The number of hydrogen-bond donors (Lipinski definition) is 2. The van der Waals surface area contributed by atoms with Crippen LogP contribution < -0.4 is 10.6 Å². The summed E-state index contributed by atoms with van der Waals surface area (Å²) in [4.78, 5) is 52.9. The molecule has 5 rings (SSSR count). The zero-order chi connectivity index (χ0) is 22.2. The molecule has 0 saturated carbocycles. The molecule has 0 spiro atoms. The smallest absolute Gasteiger partial charge is 0.262 e. The van der Waals surface area contributed by atoms with E-state index in [0.29, 0.717) is 34.8 Å². The van der Waals surface area contributed by atoms with Crippen molar-refractivity contribution in [1.29, 1.82) is 0 Å². The molecule has 2 aromatic rings. The molecular formula is C23H23N3O5S. The number of hydrogen-bond acceptors (Lipinski definition) is 6. The lowest BCUT2D eigenvalue weighted by molar-refractivity contribution is -0.116. The summed E-state index contributed by atoms with van der Waals surface area (Å²) in [6, 6.07) is 6.52. The third-order valence-electron chi connectivity index (χ3n) is 6.10. The molecule has 2 aliphatic heterocycles. The van der Waals surface area contributed by atoms with Crippen LogP contribution in [0.2, 0.25) is 0 Å². The number of anilines is 1. The standard InChI is InChI=1S/C23H23N3O5S/c27-18(12-26-22(29)14-6-1-2-7-15(14)23(26)30)25-21-19(16-8-3-9-17(16)32-21)20(28)24-11-13-5-4-10-31-13/h1-2,6-7,13H,3-5,8-12H2,(H,24,28)(H,25,27)/t13-/m1/s1. The highest BCUT2D eigenvalue weighted by Gasteiger charge is 2.37. The van der Waals surface area contributed by atoms with Gasteiger partial charge >= 0.3 is 0 Å². The van der Waals surface area contributed by atoms with Crippen molar-refractivity contribution >= 4 is 40.0 Å². The monoisotopic (exact) mass is 453 g/mol. The lowest BCUT2D eigenvalue weighted by Crippen LogP contribution is -2.37. The van der Waals surface area contributed by atoms with Crippen LogP contribution in [0.5, 0.6) is 0 Å². The van der Waals surface area contributed by atoms with Gasteiger partial charge in [0, 0.05) is 18.0 Å². The van der Waals surface area contributed by atoms with E-state index in [4.69, 9.17) is 4.74 Å². The fraction of sp³-hybridized carbons (Fsp3) is 0.391. The maximum Gasteiger partial charge on any atom is 0.262 e. The van der Waals surface area contributed by atoms with Crippen LogP contribution in [0.3, 0.4) is 0 Å². The molecule has 3 aliphatic rings. The number of imide groups is 1. The number of rotatable bonds is 6. The van der Waals surface area contributed by atoms with Crippen LogP contribution in [0.4, 0.5) is 5.00 Å². The van der Waals surface area contributed by atoms with E-state index < -0.39 is 24.3 Å². The maximum atomic E-state index is 13.0. The number of benzene rings is 1. The van der Waals surface area contributed by atoms with Crippen molar-refractivity contribution in [2.45, 2.75) is 38.2 Å². The first kappa shape index (κ1) is 20.8. The Morgan fingerprint density at radius 3 is 2.53 bits per heavy atom. The third-order valence-corrected chi connectivity index (χ3v) is 7.30. The highest BCUT2D eigenvalue weighted by atomic mass is 32.1. The first-order chi connectivity index (χ1) is 15.5.